The lowest BCUT2D eigenvalue weighted by molar-refractivity contribution is -0.121. The molecule has 2 N–H and O–H groups in total. The molecule has 2 aromatic rings. The maximum absolute atomic E-state index is 13.6. The van der Waals surface area contributed by atoms with Gasteiger partial charge in [-0.15, -0.1) is 0 Å². The van der Waals surface area contributed by atoms with Crippen molar-refractivity contribution in [1.82, 2.24) is 10.6 Å². The zero-order valence-corrected chi connectivity index (χ0v) is 15.1. The van der Waals surface area contributed by atoms with Crippen LogP contribution >= 0.6 is 0 Å². The van der Waals surface area contributed by atoms with E-state index in [0.717, 1.165) is 36.1 Å². The van der Waals surface area contributed by atoms with Gasteiger partial charge in [0, 0.05) is 19.0 Å². The van der Waals surface area contributed by atoms with Crippen molar-refractivity contribution < 1.29 is 18.4 Å². The van der Waals surface area contributed by atoms with E-state index in [9.17, 15) is 18.4 Å². The molecule has 142 valence electrons. The Morgan fingerprint density at radius 2 is 1.81 bits per heavy atom. The standard InChI is InChI=1S/C21H22F2N2O2/c1-13-2-4-14(5-3-13)20(15-6-7-15)25-19(26)10-11-24-21(27)17-9-8-16(22)12-18(17)23/h2-5,8-9,12,15,20H,6-7,10-11H2,1H3,(H,24,27)(H,25,26)/t20-/m1/s1. The number of carbonyl (C=O) groups excluding carboxylic acids is 2. The smallest absolute Gasteiger partial charge is 0.254 e. The van der Waals surface area contributed by atoms with Gasteiger partial charge in [-0.1, -0.05) is 29.8 Å². The van der Waals surface area contributed by atoms with E-state index in [1.807, 2.05) is 31.2 Å². The van der Waals surface area contributed by atoms with Crippen molar-refractivity contribution >= 4 is 11.8 Å². The third kappa shape index (κ3) is 5.12. The first-order valence-electron chi connectivity index (χ1n) is 9.03. The zero-order valence-electron chi connectivity index (χ0n) is 15.1. The molecule has 6 heteroatoms. The highest BCUT2D eigenvalue weighted by atomic mass is 19.1. The van der Waals surface area contributed by atoms with Crippen molar-refractivity contribution in [1.29, 1.82) is 0 Å². The number of aryl methyl sites for hydroxylation is 1. The first-order valence-corrected chi connectivity index (χ1v) is 9.03. The lowest BCUT2D eigenvalue weighted by atomic mass is 10.0. The quantitative estimate of drug-likeness (QED) is 0.779. The van der Waals surface area contributed by atoms with Crippen LogP contribution < -0.4 is 10.6 Å². The summed E-state index contributed by atoms with van der Waals surface area (Å²) in [4.78, 5) is 24.2. The molecule has 1 fully saturated rings. The molecule has 0 heterocycles. The molecule has 1 saturated carbocycles. The van der Waals surface area contributed by atoms with Crippen LogP contribution in [0.15, 0.2) is 42.5 Å². The predicted octanol–water partition coefficient (Wildman–Crippen LogP) is 3.66. The van der Waals surface area contributed by atoms with Gasteiger partial charge in [0.25, 0.3) is 5.91 Å². The summed E-state index contributed by atoms with van der Waals surface area (Å²) in [5.41, 5.74) is 2.00. The Bertz CT molecular complexity index is 833. The molecule has 0 radical (unpaired) electrons. The first kappa shape index (κ1) is 19.0. The molecule has 1 aliphatic carbocycles. The molecule has 2 aromatic carbocycles. The van der Waals surface area contributed by atoms with Gasteiger partial charge in [-0.25, -0.2) is 8.78 Å². The average molecular weight is 372 g/mol. The molecule has 27 heavy (non-hydrogen) atoms. The van der Waals surface area contributed by atoms with E-state index in [1.165, 1.54) is 0 Å². The molecule has 1 aliphatic rings. The van der Waals surface area contributed by atoms with Crippen molar-refractivity contribution in [2.45, 2.75) is 32.2 Å². The Hall–Kier alpha value is -2.76. The second-order valence-corrected chi connectivity index (χ2v) is 6.92. The van der Waals surface area contributed by atoms with Gasteiger partial charge in [0.15, 0.2) is 0 Å². The molecule has 1 atom stereocenters. The Balaban J connectivity index is 1.51. The number of hydrogen-bond acceptors (Lipinski definition) is 2. The summed E-state index contributed by atoms with van der Waals surface area (Å²) in [6.07, 6.45) is 2.25. The zero-order chi connectivity index (χ0) is 19.4. The van der Waals surface area contributed by atoms with Crippen molar-refractivity contribution in [3.05, 3.63) is 70.8 Å². The fourth-order valence-corrected chi connectivity index (χ4v) is 2.98. The minimum Gasteiger partial charge on any atom is -0.351 e. The second-order valence-electron chi connectivity index (χ2n) is 6.92. The number of rotatable bonds is 7. The fourth-order valence-electron chi connectivity index (χ4n) is 2.98. The molecule has 0 aromatic heterocycles. The van der Waals surface area contributed by atoms with E-state index in [2.05, 4.69) is 10.6 Å². The minimum absolute atomic E-state index is 0.0247. The van der Waals surface area contributed by atoms with E-state index < -0.39 is 17.5 Å². The Kier molecular flexibility index (Phi) is 5.84. The van der Waals surface area contributed by atoms with E-state index in [1.54, 1.807) is 0 Å². The van der Waals surface area contributed by atoms with Gasteiger partial charge in [-0.05, 0) is 43.4 Å². The SMILES string of the molecule is Cc1ccc([C@@H](NC(=O)CCNC(=O)c2ccc(F)cc2F)C2CC2)cc1. The first-order chi connectivity index (χ1) is 12.9. The third-order valence-electron chi connectivity index (χ3n) is 4.66. The summed E-state index contributed by atoms with van der Waals surface area (Å²) < 4.78 is 26.5. The molecule has 0 bridgehead atoms. The number of carbonyl (C=O) groups is 2. The Morgan fingerprint density at radius 3 is 2.44 bits per heavy atom. The van der Waals surface area contributed by atoms with E-state index >= 15 is 0 Å². The monoisotopic (exact) mass is 372 g/mol. The minimum atomic E-state index is -0.926. The van der Waals surface area contributed by atoms with Crippen molar-refractivity contribution in [2.24, 2.45) is 5.92 Å². The summed E-state index contributed by atoms with van der Waals surface area (Å²) in [6.45, 7) is 2.09. The molecule has 2 amide bonds. The molecular formula is C21H22F2N2O2. The molecule has 0 spiro atoms. The predicted molar refractivity (Wildman–Crippen MR) is 98.1 cm³/mol. The van der Waals surface area contributed by atoms with Crippen LogP contribution in [0.25, 0.3) is 0 Å². The van der Waals surface area contributed by atoms with Crippen LogP contribution in [0.2, 0.25) is 0 Å². The van der Waals surface area contributed by atoms with Crippen LogP contribution in [-0.2, 0) is 4.79 Å². The van der Waals surface area contributed by atoms with Gasteiger partial charge < -0.3 is 10.6 Å². The van der Waals surface area contributed by atoms with E-state index in [0.29, 0.717) is 12.0 Å². The Morgan fingerprint density at radius 1 is 1.11 bits per heavy atom. The molecule has 0 saturated heterocycles. The van der Waals surface area contributed by atoms with Gasteiger partial charge in [-0.2, -0.15) is 0 Å². The van der Waals surface area contributed by atoms with E-state index in [-0.39, 0.29) is 30.5 Å². The van der Waals surface area contributed by atoms with Crippen LogP contribution in [0.4, 0.5) is 8.78 Å². The maximum Gasteiger partial charge on any atom is 0.254 e. The molecular weight excluding hydrogens is 350 g/mol. The van der Waals surface area contributed by atoms with Gasteiger partial charge in [0.1, 0.15) is 11.6 Å². The highest BCUT2D eigenvalue weighted by molar-refractivity contribution is 5.94. The number of amides is 2. The maximum atomic E-state index is 13.6. The highest BCUT2D eigenvalue weighted by Gasteiger charge is 2.33. The summed E-state index contributed by atoms with van der Waals surface area (Å²) in [7, 11) is 0. The molecule has 0 aliphatic heterocycles. The lowest BCUT2D eigenvalue weighted by Gasteiger charge is -2.19. The number of halogens is 2. The Labute approximate surface area is 157 Å². The van der Waals surface area contributed by atoms with E-state index in [4.69, 9.17) is 0 Å². The van der Waals surface area contributed by atoms with Crippen LogP contribution in [0.5, 0.6) is 0 Å². The number of nitrogens with one attached hydrogen (secondary N) is 2. The molecule has 0 unspecified atom stereocenters. The van der Waals surface area contributed by atoms with Gasteiger partial charge in [0.2, 0.25) is 5.91 Å². The van der Waals surface area contributed by atoms with Crippen LogP contribution in [0.1, 0.15) is 46.8 Å². The van der Waals surface area contributed by atoms with Crippen molar-refractivity contribution in [3.63, 3.8) is 0 Å². The van der Waals surface area contributed by atoms with Crippen molar-refractivity contribution in [2.75, 3.05) is 6.54 Å². The van der Waals surface area contributed by atoms with Crippen LogP contribution in [0, 0.1) is 24.5 Å². The largest absolute Gasteiger partial charge is 0.351 e. The highest BCUT2D eigenvalue weighted by Crippen LogP contribution is 2.41. The van der Waals surface area contributed by atoms with Gasteiger partial charge in [0.05, 0.1) is 11.6 Å². The molecule has 3 rings (SSSR count). The number of hydrogen-bond donors (Lipinski definition) is 2. The van der Waals surface area contributed by atoms with Crippen LogP contribution in [0.3, 0.4) is 0 Å². The van der Waals surface area contributed by atoms with Crippen LogP contribution in [-0.4, -0.2) is 18.4 Å². The topological polar surface area (TPSA) is 58.2 Å². The lowest BCUT2D eigenvalue weighted by Crippen LogP contribution is -2.34. The summed E-state index contributed by atoms with van der Waals surface area (Å²) in [5.74, 6) is -2.07. The summed E-state index contributed by atoms with van der Waals surface area (Å²) in [6, 6.07) is 10.8. The summed E-state index contributed by atoms with van der Waals surface area (Å²) in [5, 5.41) is 5.53. The molecule has 4 nitrogen and oxygen atoms in total. The fraction of sp³-hybridized carbons (Fsp3) is 0.333. The summed E-state index contributed by atoms with van der Waals surface area (Å²) >= 11 is 0. The van der Waals surface area contributed by atoms with Gasteiger partial charge >= 0.3 is 0 Å². The van der Waals surface area contributed by atoms with Gasteiger partial charge in [-0.3, -0.25) is 9.59 Å². The number of benzene rings is 2. The average Bonchev–Trinajstić information content (AvgIpc) is 3.45. The van der Waals surface area contributed by atoms with Crippen molar-refractivity contribution in [3.8, 4) is 0 Å². The normalized spacial score (nSPS) is 14.5. The second kappa shape index (κ2) is 8.29. The third-order valence-corrected chi connectivity index (χ3v) is 4.66.